The fourth-order valence-electron chi connectivity index (χ4n) is 7.85. The molecule has 0 bridgehead atoms. The topological polar surface area (TPSA) is 151 Å². The molecule has 0 aromatic heterocycles. The molecule has 1 unspecified atom stereocenters. The second-order valence-electron chi connectivity index (χ2n) is 16.3. The standard InChI is InChI=1S/C53H73N3O9S/c1-4-65-52(60)44-28-29-48(55-43(3)57)49(41-44)56-51(59)30-32-61-34-36-63-38-39-64-37-35-62-33-31-54-50(58)27-17-16-20-42(2)19-9-8-18-40-66-53(45-21-10-5-11-22-45,46-23-12-6-13-24-46)47-25-14-7-15-26-47/h5-7,10-15,21-26,28,48-49H,2,4,8-9,16-20,27,29-41H2,1,3H3,(H,54,58)(H,55,57)(H,56,59)/t48?,49-/m0/s1. The number of nitrogens with one attached hydrogen (secondary N) is 3. The number of allylic oxidation sites excluding steroid dienone is 1. The summed E-state index contributed by atoms with van der Waals surface area (Å²) in [4.78, 5) is 48.7. The molecule has 0 saturated heterocycles. The maximum Gasteiger partial charge on any atom is 0.333 e. The van der Waals surface area contributed by atoms with Crippen molar-refractivity contribution in [2.24, 2.45) is 0 Å². The lowest BCUT2D eigenvalue weighted by molar-refractivity contribution is -0.139. The molecule has 3 aromatic carbocycles. The van der Waals surface area contributed by atoms with E-state index in [0.717, 1.165) is 50.7 Å². The highest BCUT2D eigenvalue weighted by Gasteiger charge is 2.36. The van der Waals surface area contributed by atoms with Crippen LogP contribution in [-0.2, 0) is 47.6 Å². The summed E-state index contributed by atoms with van der Waals surface area (Å²) in [6.45, 7) is 11.2. The lowest BCUT2D eigenvalue weighted by Crippen LogP contribution is -2.53. The maximum atomic E-state index is 12.6. The smallest absolute Gasteiger partial charge is 0.333 e. The van der Waals surface area contributed by atoms with Crippen LogP contribution in [0.2, 0.25) is 0 Å². The third kappa shape index (κ3) is 20.0. The Balaban J connectivity index is 0.931. The molecule has 3 N–H and O–H groups in total. The Hall–Kier alpha value is -4.79. The Morgan fingerprint density at radius 2 is 1.14 bits per heavy atom. The second kappa shape index (κ2) is 32.0. The predicted octanol–water partition coefficient (Wildman–Crippen LogP) is 8.23. The summed E-state index contributed by atoms with van der Waals surface area (Å²) in [6, 6.07) is 31.9. The van der Waals surface area contributed by atoms with E-state index < -0.39 is 12.0 Å². The van der Waals surface area contributed by atoms with E-state index in [-0.39, 0.29) is 54.6 Å². The molecular weight excluding hydrogens is 855 g/mol. The van der Waals surface area contributed by atoms with Crippen LogP contribution in [-0.4, -0.2) is 108 Å². The van der Waals surface area contributed by atoms with Crippen molar-refractivity contribution in [3.8, 4) is 0 Å². The molecule has 0 saturated carbocycles. The molecule has 3 amide bonds. The van der Waals surface area contributed by atoms with E-state index in [4.69, 9.17) is 23.7 Å². The number of hydrogen-bond donors (Lipinski definition) is 3. The molecule has 360 valence electrons. The van der Waals surface area contributed by atoms with Crippen LogP contribution in [0.4, 0.5) is 0 Å². The lowest BCUT2D eigenvalue weighted by Gasteiger charge is -2.35. The minimum absolute atomic E-state index is 0.0415. The van der Waals surface area contributed by atoms with Crippen molar-refractivity contribution in [1.82, 2.24) is 16.0 Å². The maximum absolute atomic E-state index is 12.6. The van der Waals surface area contributed by atoms with Gasteiger partial charge in [-0.2, -0.15) is 0 Å². The van der Waals surface area contributed by atoms with Crippen LogP contribution >= 0.6 is 11.8 Å². The number of carbonyl (C=O) groups excluding carboxylic acids is 4. The van der Waals surface area contributed by atoms with Crippen molar-refractivity contribution < 1.29 is 42.9 Å². The van der Waals surface area contributed by atoms with Gasteiger partial charge >= 0.3 is 5.97 Å². The monoisotopic (exact) mass is 928 g/mol. The molecule has 1 aliphatic carbocycles. The number of rotatable bonds is 34. The number of amides is 3. The number of esters is 1. The third-order valence-corrected chi connectivity index (χ3v) is 12.8. The van der Waals surface area contributed by atoms with Crippen molar-refractivity contribution in [1.29, 1.82) is 0 Å². The van der Waals surface area contributed by atoms with Gasteiger partial charge in [-0.3, -0.25) is 14.4 Å². The highest BCUT2D eigenvalue weighted by molar-refractivity contribution is 8.00. The largest absolute Gasteiger partial charge is 0.463 e. The average molecular weight is 928 g/mol. The van der Waals surface area contributed by atoms with Gasteiger partial charge < -0.3 is 39.6 Å². The number of thioether (sulfide) groups is 1. The van der Waals surface area contributed by atoms with Gasteiger partial charge in [-0.05, 0) is 74.3 Å². The Bertz CT molecular complexity index is 1800. The fraction of sp³-hybridized carbons (Fsp3) is 0.509. The molecule has 0 radical (unpaired) electrons. The van der Waals surface area contributed by atoms with Gasteiger partial charge in [0.1, 0.15) is 0 Å². The molecular formula is C53H73N3O9S. The fourth-order valence-corrected chi connectivity index (χ4v) is 9.41. The molecule has 13 heteroatoms. The lowest BCUT2D eigenvalue weighted by atomic mass is 9.84. The Morgan fingerprint density at radius 1 is 0.621 bits per heavy atom. The van der Waals surface area contributed by atoms with Crippen LogP contribution in [0.1, 0.15) is 101 Å². The Kier molecular flexibility index (Phi) is 26.1. The van der Waals surface area contributed by atoms with E-state index in [1.165, 1.54) is 29.2 Å². The van der Waals surface area contributed by atoms with Gasteiger partial charge in [-0.25, -0.2) is 4.79 Å². The van der Waals surface area contributed by atoms with Crippen molar-refractivity contribution in [2.45, 2.75) is 101 Å². The van der Waals surface area contributed by atoms with E-state index in [2.05, 4.69) is 114 Å². The zero-order valence-corrected chi connectivity index (χ0v) is 40.1. The summed E-state index contributed by atoms with van der Waals surface area (Å²) < 4.78 is 27.0. The zero-order chi connectivity index (χ0) is 47.1. The number of carbonyl (C=O) groups is 4. The summed E-state index contributed by atoms with van der Waals surface area (Å²) in [5.74, 6) is 0.252. The molecule has 1 aliphatic rings. The van der Waals surface area contributed by atoms with E-state index in [0.29, 0.717) is 71.2 Å². The molecule has 2 atom stereocenters. The first-order valence-electron chi connectivity index (χ1n) is 23.7. The number of unbranched alkanes of at least 4 members (excludes halogenated alkanes) is 3. The number of hydrogen-bond acceptors (Lipinski definition) is 10. The molecule has 0 spiro atoms. The van der Waals surface area contributed by atoms with Crippen LogP contribution in [0.3, 0.4) is 0 Å². The summed E-state index contributed by atoms with van der Waals surface area (Å²) in [5.41, 5.74) is 5.66. The van der Waals surface area contributed by atoms with Crippen molar-refractivity contribution in [3.05, 3.63) is 131 Å². The van der Waals surface area contributed by atoms with E-state index in [1.54, 1.807) is 13.0 Å². The van der Waals surface area contributed by atoms with Gasteiger partial charge in [0, 0.05) is 38.3 Å². The minimum Gasteiger partial charge on any atom is -0.463 e. The van der Waals surface area contributed by atoms with Gasteiger partial charge in [0.2, 0.25) is 17.7 Å². The molecule has 12 nitrogen and oxygen atoms in total. The first-order valence-corrected chi connectivity index (χ1v) is 24.7. The minimum atomic E-state index is -0.420. The SMILES string of the molecule is C=C(CCCCCSC(c1ccccc1)(c1ccccc1)c1ccccc1)CCCCC(=O)NCCOCCOCCOCCOCCC(=O)N[C@H]1CC(C(=O)OCC)=CCC1NC(C)=O. The second-order valence-corrected chi connectivity index (χ2v) is 17.6. The van der Waals surface area contributed by atoms with E-state index >= 15 is 0 Å². The zero-order valence-electron chi connectivity index (χ0n) is 39.2. The van der Waals surface area contributed by atoms with Gasteiger partial charge in [-0.15, -0.1) is 11.8 Å². The van der Waals surface area contributed by atoms with Crippen LogP contribution in [0, 0.1) is 0 Å². The van der Waals surface area contributed by atoms with Crippen molar-refractivity contribution in [3.63, 3.8) is 0 Å². The number of benzene rings is 3. The normalized spacial score (nSPS) is 14.8. The third-order valence-electron chi connectivity index (χ3n) is 11.2. The quantitative estimate of drug-likeness (QED) is 0.0231. The first kappa shape index (κ1) is 53.8. The van der Waals surface area contributed by atoms with Crippen LogP contribution in [0.25, 0.3) is 0 Å². The molecule has 3 aromatic rings. The van der Waals surface area contributed by atoms with Crippen LogP contribution in [0.15, 0.2) is 115 Å². The molecule has 0 aliphatic heterocycles. The highest BCUT2D eigenvalue weighted by atomic mass is 32.2. The van der Waals surface area contributed by atoms with Gasteiger partial charge in [0.25, 0.3) is 0 Å². The molecule has 66 heavy (non-hydrogen) atoms. The molecule has 4 rings (SSSR count). The van der Waals surface area contributed by atoms with Gasteiger partial charge in [-0.1, -0.05) is 116 Å². The predicted molar refractivity (Wildman–Crippen MR) is 262 cm³/mol. The van der Waals surface area contributed by atoms with Crippen molar-refractivity contribution >= 4 is 35.5 Å². The summed E-state index contributed by atoms with van der Waals surface area (Å²) >= 11 is 2.03. The Labute approximate surface area is 397 Å². The van der Waals surface area contributed by atoms with Crippen molar-refractivity contribution in [2.75, 3.05) is 71.8 Å². The first-order chi connectivity index (χ1) is 32.2. The molecule has 0 fully saturated rings. The number of ether oxygens (including phenoxy) is 5. The molecule has 0 heterocycles. The van der Waals surface area contributed by atoms with Crippen LogP contribution in [0.5, 0.6) is 0 Å². The summed E-state index contributed by atoms with van der Waals surface area (Å²) in [7, 11) is 0. The van der Waals surface area contributed by atoms with E-state index in [9.17, 15) is 19.2 Å². The summed E-state index contributed by atoms with van der Waals surface area (Å²) in [6.07, 6.45) is 10.3. The summed E-state index contributed by atoms with van der Waals surface area (Å²) in [5, 5.41) is 8.70. The van der Waals surface area contributed by atoms with Crippen LogP contribution < -0.4 is 16.0 Å². The van der Waals surface area contributed by atoms with Gasteiger partial charge in [0.05, 0.1) is 76.3 Å². The van der Waals surface area contributed by atoms with Gasteiger partial charge in [0.15, 0.2) is 0 Å². The highest BCUT2D eigenvalue weighted by Crippen LogP contribution is 2.48. The Morgan fingerprint density at radius 3 is 1.68 bits per heavy atom. The van der Waals surface area contributed by atoms with E-state index in [1.807, 2.05) is 11.8 Å². The average Bonchev–Trinajstić information content (AvgIpc) is 3.32.